The molecule has 1 aliphatic rings. The van der Waals surface area contributed by atoms with Crippen LogP contribution in [0.2, 0.25) is 0 Å². The van der Waals surface area contributed by atoms with Crippen LogP contribution in [0.15, 0.2) is 152 Å². The first-order chi connectivity index (χ1) is 18.8. The van der Waals surface area contributed by atoms with Gasteiger partial charge in [-0.25, -0.2) is 0 Å². The van der Waals surface area contributed by atoms with Crippen molar-refractivity contribution in [3.05, 3.63) is 168 Å². The second-order valence-corrected chi connectivity index (χ2v) is 9.78. The highest BCUT2D eigenvalue weighted by Gasteiger charge is 2.13. The molecule has 0 radical (unpaired) electrons. The minimum absolute atomic E-state index is 0.881. The Morgan fingerprint density at radius 1 is 0.421 bits per heavy atom. The zero-order chi connectivity index (χ0) is 25.3. The van der Waals surface area contributed by atoms with Crippen molar-refractivity contribution in [2.75, 3.05) is 0 Å². The number of nitrogens with zero attached hydrogens (tertiary/aromatic N) is 1. The maximum Gasteiger partial charge on any atom is 0.0541 e. The molecule has 1 aliphatic carbocycles. The summed E-state index contributed by atoms with van der Waals surface area (Å²) in [5, 5.41) is 2.57. The van der Waals surface area contributed by atoms with Gasteiger partial charge in [-0.15, -0.1) is 0 Å². The van der Waals surface area contributed by atoms with Gasteiger partial charge < -0.3 is 4.57 Å². The Morgan fingerprint density at radius 2 is 0.947 bits per heavy atom. The molecule has 7 rings (SSSR count). The van der Waals surface area contributed by atoms with Crippen molar-refractivity contribution in [3.63, 3.8) is 0 Å². The first kappa shape index (κ1) is 22.3. The van der Waals surface area contributed by atoms with Crippen molar-refractivity contribution in [2.24, 2.45) is 0 Å². The molecule has 38 heavy (non-hydrogen) atoms. The standard InChI is InChI=1S/C37H27N/c1-3-11-27(12-4-1)30-19-20-31(26-32(25-30)28-13-5-2-6-14-28)29-21-23-33(24-22-29)38-36-17-9-7-15-34(36)35-16-8-10-18-37(35)38/h1-19,21-26H,20H2. The summed E-state index contributed by atoms with van der Waals surface area (Å²) in [4.78, 5) is 0. The Morgan fingerprint density at radius 3 is 1.55 bits per heavy atom. The van der Waals surface area contributed by atoms with Gasteiger partial charge in [0.05, 0.1) is 11.0 Å². The number of hydrogen-bond donors (Lipinski definition) is 0. The molecule has 0 aliphatic heterocycles. The lowest BCUT2D eigenvalue weighted by atomic mass is 9.97. The molecule has 180 valence electrons. The molecule has 0 unspecified atom stereocenters. The lowest BCUT2D eigenvalue weighted by Crippen LogP contribution is -1.94. The molecule has 0 atom stereocenters. The van der Waals surface area contributed by atoms with Gasteiger partial charge in [0.15, 0.2) is 0 Å². The van der Waals surface area contributed by atoms with Crippen molar-refractivity contribution >= 4 is 38.5 Å². The van der Waals surface area contributed by atoms with E-state index >= 15 is 0 Å². The van der Waals surface area contributed by atoms with E-state index in [4.69, 9.17) is 0 Å². The first-order valence-electron chi connectivity index (χ1n) is 13.2. The molecule has 1 heterocycles. The predicted octanol–water partition coefficient (Wildman–Crippen LogP) is 9.74. The van der Waals surface area contributed by atoms with E-state index in [-0.39, 0.29) is 0 Å². The van der Waals surface area contributed by atoms with Crippen LogP contribution >= 0.6 is 0 Å². The number of para-hydroxylation sites is 2. The van der Waals surface area contributed by atoms with E-state index in [9.17, 15) is 0 Å². The van der Waals surface area contributed by atoms with E-state index in [1.54, 1.807) is 0 Å². The van der Waals surface area contributed by atoms with Crippen molar-refractivity contribution in [1.29, 1.82) is 0 Å². The molecule has 0 spiro atoms. The monoisotopic (exact) mass is 485 g/mol. The Bertz CT molecular complexity index is 1790. The van der Waals surface area contributed by atoms with Gasteiger partial charge in [-0.05, 0) is 70.2 Å². The number of aromatic nitrogens is 1. The van der Waals surface area contributed by atoms with Gasteiger partial charge in [-0.2, -0.15) is 0 Å². The summed E-state index contributed by atoms with van der Waals surface area (Å²) < 4.78 is 2.37. The second kappa shape index (κ2) is 9.53. The third-order valence-electron chi connectivity index (χ3n) is 7.47. The van der Waals surface area contributed by atoms with E-state index in [1.807, 2.05) is 0 Å². The number of rotatable bonds is 4. The smallest absolute Gasteiger partial charge is 0.0541 e. The first-order valence-corrected chi connectivity index (χ1v) is 13.2. The highest BCUT2D eigenvalue weighted by Crippen LogP contribution is 2.35. The summed E-state index contributed by atoms with van der Waals surface area (Å²) in [5.41, 5.74) is 11.2. The zero-order valence-electron chi connectivity index (χ0n) is 21.1. The van der Waals surface area contributed by atoms with Crippen molar-refractivity contribution < 1.29 is 0 Å². The van der Waals surface area contributed by atoms with E-state index in [1.165, 1.54) is 60.9 Å². The molecular formula is C37H27N. The van der Waals surface area contributed by atoms with Crippen LogP contribution in [0, 0.1) is 0 Å². The average Bonchev–Trinajstić information content (AvgIpc) is 3.16. The third kappa shape index (κ3) is 3.99. The van der Waals surface area contributed by atoms with Crippen LogP contribution in [-0.2, 0) is 0 Å². The van der Waals surface area contributed by atoms with Crippen LogP contribution in [0.5, 0.6) is 0 Å². The fourth-order valence-electron chi connectivity index (χ4n) is 5.59. The fraction of sp³-hybridized carbons (Fsp3) is 0.0270. The lowest BCUT2D eigenvalue weighted by molar-refractivity contribution is 1.18. The molecule has 0 amide bonds. The Balaban J connectivity index is 1.31. The largest absolute Gasteiger partial charge is 0.309 e. The van der Waals surface area contributed by atoms with Crippen LogP contribution in [0.25, 0.3) is 44.2 Å². The SMILES string of the molecule is C1=C(c2ccccc2)C=C(c2ccccc2)C=C(c2ccc(-n3c4ccccc4c4ccccc43)cc2)C1. The molecule has 5 aromatic carbocycles. The van der Waals surface area contributed by atoms with E-state index in [0.29, 0.717) is 0 Å². The Labute approximate surface area is 223 Å². The normalized spacial score (nSPS) is 13.6. The molecule has 0 bridgehead atoms. The second-order valence-electron chi connectivity index (χ2n) is 9.78. The van der Waals surface area contributed by atoms with Crippen LogP contribution in [-0.4, -0.2) is 4.57 Å². The van der Waals surface area contributed by atoms with Gasteiger partial charge >= 0.3 is 0 Å². The zero-order valence-corrected chi connectivity index (χ0v) is 21.1. The molecule has 0 N–H and O–H groups in total. The maximum absolute atomic E-state index is 2.37. The third-order valence-corrected chi connectivity index (χ3v) is 7.47. The van der Waals surface area contributed by atoms with Crippen molar-refractivity contribution in [1.82, 2.24) is 4.57 Å². The Hall–Kier alpha value is -4.88. The molecule has 1 nitrogen and oxygen atoms in total. The minimum atomic E-state index is 0.881. The molecule has 0 saturated heterocycles. The number of benzene rings is 5. The average molecular weight is 486 g/mol. The van der Waals surface area contributed by atoms with Gasteiger partial charge in [0.1, 0.15) is 0 Å². The van der Waals surface area contributed by atoms with Gasteiger partial charge in [0.25, 0.3) is 0 Å². The summed E-state index contributed by atoms with van der Waals surface area (Å²) in [7, 11) is 0. The van der Waals surface area contributed by atoms with Crippen molar-refractivity contribution in [3.8, 4) is 5.69 Å². The molecule has 1 aromatic heterocycles. The van der Waals surface area contributed by atoms with Crippen LogP contribution in [0.4, 0.5) is 0 Å². The predicted molar refractivity (Wildman–Crippen MR) is 162 cm³/mol. The van der Waals surface area contributed by atoms with Gasteiger partial charge in [0, 0.05) is 16.5 Å². The van der Waals surface area contributed by atoms with E-state index in [0.717, 1.165) is 6.42 Å². The molecule has 0 saturated carbocycles. The highest BCUT2D eigenvalue weighted by molar-refractivity contribution is 6.09. The van der Waals surface area contributed by atoms with E-state index < -0.39 is 0 Å². The quantitative estimate of drug-likeness (QED) is 0.234. The molecule has 0 fully saturated rings. The minimum Gasteiger partial charge on any atom is -0.309 e. The van der Waals surface area contributed by atoms with Gasteiger partial charge in [-0.3, -0.25) is 0 Å². The van der Waals surface area contributed by atoms with Crippen LogP contribution in [0.3, 0.4) is 0 Å². The maximum atomic E-state index is 2.37. The number of allylic oxidation sites excluding steroid dienone is 6. The molecule has 1 heteroatoms. The molecular weight excluding hydrogens is 458 g/mol. The van der Waals surface area contributed by atoms with Gasteiger partial charge in [0.2, 0.25) is 0 Å². The van der Waals surface area contributed by atoms with E-state index in [2.05, 4.69) is 156 Å². The lowest BCUT2D eigenvalue weighted by Gasteiger charge is -2.11. The Kier molecular flexibility index (Phi) is 5.60. The molecule has 6 aromatic rings. The highest BCUT2D eigenvalue weighted by atomic mass is 15.0. The fourth-order valence-corrected chi connectivity index (χ4v) is 5.59. The summed E-state index contributed by atoms with van der Waals surface area (Å²) >= 11 is 0. The topological polar surface area (TPSA) is 4.93 Å². The van der Waals surface area contributed by atoms with Crippen LogP contribution < -0.4 is 0 Å². The summed E-state index contributed by atoms with van der Waals surface area (Å²) in [5.74, 6) is 0. The summed E-state index contributed by atoms with van der Waals surface area (Å²) in [6, 6.07) is 47.8. The van der Waals surface area contributed by atoms with Crippen LogP contribution in [0.1, 0.15) is 23.1 Å². The van der Waals surface area contributed by atoms with Crippen molar-refractivity contribution in [2.45, 2.75) is 6.42 Å². The number of hydrogen-bond acceptors (Lipinski definition) is 0. The number of fused-ring (bicyclic) bond motifs is 3. The summed E-state index contributed by atoms with van der Waals surface area (Å²) in [6.07, 6.45) is 7.92. The summed E-state index contributed by atoms with van der Waals surface area (Å²) in [6.45, 7) is 0. The van der Waals surface area contributed by atoms with Gasteiger partial charge in [-0.1, -0.05) is 121 Å².